The van der Waals surface area contributed by atoms with Crippen molar-refractivity contribution in [3.63, 3.8) is 0 Å². The first-order valence-electron chi connectivity index (χ1n) is 8.24. The minimum absolute atomic E-state index is 0.0502. The number of carbonyl (C=O) groups is 1. The largest absolute Gasteiger partial charge is 0.490 e. The van der Waals surface area contributed by atoms with Crippen molar-refractivity contribution in [2.24, 2.45) is 0 Å². The van der Waals surface area contributed by atoms with Crippen LogP contribution in [0.4, 0.5) is 0 Å². The van der Waals surface area contributed by atoms with Crippen LogP contribution in [-0.2, 0) is 9.53 Å². The Morgan fingerprint density at radius 3 is 2.58 bits per heavy atom. The Morgan fingerprint density at radius 2 is 2.00 bits per heavy atom. The minimum atomic E-state index is -0.631. The van der Waals surface area contributed by atoms with Gasteiger partial charge in [-0.1, -0.05) is 19.4 Å². The number of carbonyl (C=O) groups excluding carboxylic acids is 1. The number of hydrogen-bond acceptors (Lipinski definition) is 5. The fourth-order valence-corrected chi connectivity index (χ4v) is 1.91. The summed E-state index contributed by atoms with van der Waals surface area (Å²) in [6, 6.07) is 7.20. The Labute approximate surface area is 143 Å². The second-order valence-electron chi connectivity index (χ2n) is 5.47. The van der Waals surface area contributed by atoms with Crippen molar-refractivity contribution < 1.29 is 19.0 Å². The molecule has 1 aromatic carbocycles. The molecule has 130 valence electrons. The first kappa shape index (κ1) is 19.6. The van der Waals surface area contributed by atoms with Gasteiger partial charge in [-0.15, -0.1) is 0 Å². The third-order valence-corrected chi connectivity index (χ3v) is 3.02. The molecule has 5 nitrogen and oxygen atoms in total. The van der Waals surface area contributed by atoms with E-state index in [0.29, 0.717) is 30.3 Å². The molecule has 1 aromatic rings. The average Bonchev–Trinajstić information content (AvgIpc) is 2.54. The summed E-state index contributed by atoms with van der Waals surface area (Å²) in [5, 5.41) is 9.17. The van der Waals surface area contributed by atoms with E-state index >= 15 is 0 Å². The lowest BCUT2D eigenvalue weighted by atomic mass is 10.1. The highest BCUT2D eigenvalue weighted by molar-refractivity contribution is 5.98. The zero-order valence-corrected chi connectivity index (χ0v) is 14.8. The highest BCUT2D eigenvalue weighted by atomic mass is 16.5. The quantitative estimate of drug-likeness (QED) is 0.295. The number of unbranched alkanes of at least 4 members (excludes halogenated alkanes) is 1. The van der Waals surface area contributed by atoms with Crippen LogP contribution in [0.2, 0.25) is 0 Å². The van der Waals surface area contributed by atoms with Crippen molar-refractivity contribution in [2.75, 3.05) is 13.2 Å². The smallest absolute Gasteiger partial charge is 0.349 e. The molecular weight excluding hydrogens is 306 g/mol. The number of benzene rings is 1. The van der Waals surface area contributed by atoms with Gasteiger partial charge in [0.25, 0.3) is 0 Å². The van der Waals surface area contributed by atoms with Gasteiger partial charge in [-0.3, -0.25) is 0 Å². The van der Waals surface area contributed by atoms with Crippen LogP contribution in [0, 0.1) is 11.3 Å². The number of rotatable bonds is 9. The minimum Gasteiger partial charge on any atom is -0.490 e. The maximum Gasteiger partial charge on any atom is 0.349 e. The molecule has 0 saturated heterocycles. The molecule has 0 aliphatic heterocycles. The van der Waals surface area contributed by atoms with E-state index in [-0.39, 0.29) is 11.7 Å². The standard InChI is InChI=1S/C19H25NO4/c1-5-7-10-23-17-9-8-15(12-18(17)22-6-2)11-16(13-20)19(21)24-14(3)4/h8-9,11-12,14H,5-7,10H2,1-4H3/b16-11-. The summed E-state index contributed by atoms with van der Waals surface area (Å²) in [5.74, 6) is 0.622. The van der Waals surface area contributed by atoms with E-state index in [9.17, 15) is 4.79 Å². The van der Waals surface area contributed by atoms with Gasteiger partial charge in [0.1, 0.15) is 11.6 Å². The summed E-state index contributed by atoms with van der Waals surface area (Å²) in [4.78, 5) is 11.9. The maximum absolute atomic E-state index is 11.9. The van der Waals surface area contributed by atoms with Gasteiger partial charge in [0.15, 0.2) is 11.5 Å². The van der Waals surface area contributed by atoms with E-state index in [1.165, 1.54) is 6.08 Å². The molecule has 0 bridgehead atoms. The van der Waals surface area contributed by atoms with Gasteiger partial charge in [0.05, 0.1) is 19.3 Å². The van der Waals surface area contributed by atoms with Gasteiger partial charge >= 0.3 is 5.97 Å². The predicted octanol–water partition coefficient (Wildman–Crippen LogP) is 4.12. The van der Waals surface area contributed by atoms with Gasteiger partial charge in [-0.25, -0.2) is 4.79 Å². The molecule has 24 heavy (non-hydrogen) atoms. The molecule has 0 heterocycles. The van der Waals surface area contributed by atoms with E-state index in [1.807, 2.05) is 13.0 Å². The van der Waals surface area contributed by atoms with Crippen molar-refractivity contribution in [1.82, 2.24) is 0 Å². The van der Waals surface area contributed by atoms with Crippen molar-refractivity contribution in [3.05, 3.63) is 29.3 Å². The Kier molecular flexibility index (Phi) is 8.42. The molecule has 0 spiro atoms. The monoisotopic (exact) mass is 331 g/mol. The van der Waals surface area contributed by atoms with Gasteiger partial charge < -0.3 is 14.2 Å². The molecule has 0 amide bonds. The Morgan fingerprint density at radius 1 is 1.25 bits per heavy atom. The molecule has 0 aromatic heterocycles. The third kappa shape index (κ3) is 6.33. The lowest BCUT2D eigenvalue weighted by Crippen LogP contribution is -2.12. The number of ether oxygens (including phenoxy) is 3. The van der Waals surface area contributed by atoms with Gasteiger partial charge in [0.2, 0.25) is 0 Å². The highest BCUT2D eigenvalue weighted by Gasteiger charge is 2.13. The molecule has 0 aliphatic rings. The predicted molar refractivity (Wildman–Crippen MR) is 92.8 cm³/mol. The molecule has 0 radical (unpaired) electrons. The molecule has 0 aliphatic carbocycles. The fraction of sp³-hybridized carbons (Fsp3) is 0.474. The number of esters is 1. The van der Waals surface area contributed by atoms with Crippen molar-refractivity contribution in [3.8, 4) is 17.6 Å². The number of hydrogen-bond donors (Lipinski definition) is 0. The van der Waals surface area contributed by atoms with Crippen molar-refractivity contribution in [1.29, 1.82) is 5.26 Å². The first-order chi connectivity index (χ1) is 11.5. The zero-order chi connectivity index (χ0) is 17.9. The first-order valence-corrected chi connectivity index (χ1v) is 8.24. The summed E-state index contributed by atoms with van der Waals surface area (Å²) in [5.41, 5.74) is 0.629. The molecule has 0 N–H and O–H groups in total. The molecule has 0 atom stereocenters. The third-order valence-electron chi connectivity index (χ3n) is 3.02. The molecule has 0 fully saturated rings. The summed E-state index contributed by atoms with van der Waals surface area (Å²) < 4.78 is 16.4. The zero-order valence-electron chi connectivity index (χ0n) is 14.8. The average molecular weight is 331 g/mol. The van der Waals surface area contributed by atoms with E-state index < -0.39 is 5.97 Å². The summed E-state index contributed by atoms with van der Waals surface area (Å²) in [6.45, 7) is 8.58. The SMILES string of the molecule is CCCCOc1ccc(/C=C(/C#N)C(=O)OC(C)C)cc1OCC. The Bertz CT molecular complexity index is 614. The fourth-order valence-electron chi connectivity index (χ4n) is 1.91. The molecule has 1 rings (SSSR count). The summed E-state index contributed by atoms with van der Waals surface area (Å²) >= 11 is 0. The molecular formula is C19H25NO4. The lowest BCUT2D eigenvalue weighted by Gasteiger charge is -2.12. The van der Waals surface area contributed by atoms with E-state index in [0.717, 1.165) is 12.8 Å². The lowest BCUT2D eigenvalue weighted by molar-refractivity contribution is -0.142. The number of nitriles is 1. The van der Waals surface area contributed by atoms with Crippen LogP contribution in [0.25, 0.3) is 6.08 Å². The summed E-state index contributed by atoms with van der Waals surface area (Å²) in [7, 11) is 0. The van der Waals surface area contributed by atoms with Crippen LogP contribution in [0.15, 0.2) is 23.8 Å². The topological polar surface area (TPSA) is 68.5 Å². The van der Waals surface area contributed by atoms with E-state index in [2.05, 4.69) is 6.92 Å². The van der Waals surface area contributed by atoms with Crippen LogP contribution in [0.3, 0.4) is 0 Å². The van der Waals surface area contributed by atoms with E-state index in [4.69, 9.17) is 19.5 Å². The second-order valence-corrected chi connectivity index (χ2v) is 5.47. The van der Waals surface area contributed by atoms with Crippen molar-refractivity contribution >= 4 is 12.0 Å². The number of nitrogens with zero attached hydrogens (tertiary/aromatic N) is 1. The van der Waals surface area contributed by atoms with E-state index in [1.54, 1.807) is 32.0 Å². The Hall–Kier alpha value is -2.48. The normalized spacial score (nSPS) is 11.1. The van der Waals surface area contributed by atoms with Crippen LogP contribution in [0.5, 0.6) is 11.5 Å². The van der Waals surface area contributed by atoms with Gasteiger partial charge in [-0.2, -0.15) is 5.26 Å². The Balaban J connectivity index is 3.02. The van der Waals surface area contributed by atoms with Crippen LogP contribution in [-0.4, -0.2) is 25.3 Å². The van der Waals surface area contributed by atoms with Crippen LogP contribution < -0.4 is 9.47 Å². The van der Waals surface area contributed by atoms with Crippen molar-refractivity contribution in [2.45, 2.75) is 46.6 Å². The van der Waals surface area contributed by atoms with Crippen LogP contribution >= 0.6 is 0 Å². The van der Waals surface area contributed by atoms with Crippen LogP contribution in [0.1, 0.15) is 46.1 Å². The molecule has 0 unspecified atom stereocenters. The van der Waals surface area contributed by atoms with Gasteiger partial charge in [0, 0.05) is 0 Å². The maximum atomic E-state index is 11.9. The summed E-state index contributed by atoms with van der Waals surface area (Å²) in [6.07, 6.45) is 3.23. The highest BCUT2D eigenvalue weighted by Crippen LogP contribution is 2.29. The molecule has 5 heteroatoms. The second kappa shape index (κ2) is 10.3. The van der Waals surface area contributed by atoms with Gasteiger partial charge in [-0.05, 0) is 51.0 Å². The molecule has 0 saturated carbocycles.